The van der Waals surface area contributed by atoms with E-state index in [1.54, 1.807) is 12.4 Å². The Morgan fingerprint density at radius 3 is 2.57 bits per heavy atom. The summed E-state index contributed by atoms with van der Waals surface area (Å²) < 4.78 is 20.8. The number of hydrogen-bond donors (Lipinski definition) is 1. The molecule has 0 saturated carbocycles. The van der Waals surface area contributed by atoms with Crippen LogP contribution in [0.15, 0.2) is 12.4 Å². The topological polar surface area (TPSA) is 67.3 Å². The van der Waals surface area contributed by atoms with E-state index < -0.39 is 11.0 Å². The monoisotopic (exact) mass is 340 g/mol. The molecule has 0 bridgehead atoms. The molecule has 0 aliphatic carbocycles. The van der Waals surface area contributed by atoms with Crippen LogP contribution in [0.3, 0.4) is 0 Å². The number of aromatic nitrogens is 2. The molecule has 2 heterocycles. The van der Waals surface area contributed by atoms with E-state index >= 15 is 0 Å². The van der Waals surface area contributed by atoms with Gasteiger partial charge in [0.2, 0.25) is 0 Å². The molecule has 0 amide bonds. The zero-order valence-electron chi connectivity index (χ0n) is 14.5. The minimum Gasteiger partial charge on any atom is -0.379 e. The second kappa shape index (κ2) is 8.28. The first-order chi connectivity index (χ1) is 10.9. The molecule has 1 saturated heterocycles. The Labute approximate surface area is 141 Å². The maximum atomic E-state index is 12.5. The molecule has 23 heavy (non-hydrogen) atoms. The average Bonchev–Trinajstić information content (AvgIpc) is 2.52. The van der Waals surface area contributed by atoms with Gasteiger partial charge in [-0.3, -0.25) is 14.9 Å². The summed E-state index contributed by atoms with van der Waals surface area (Å²) in [5.41, 5.74) is 1.74. The molecule has 0 radical (unpaired) electrons. The van der Waals surface area contributed by atoms with Gasteiger partial charge in [-0.2, -0.15) is 0 Å². The van der Waals surface area contributed by atoms with Crippen molar-refractivity contribution in [2.24, 2.45) is 0 Å². The number of aryl methyl sites for hydroxylation is 1. The molecule has 1 aromatic rings. The third kappa shape index (κ3) is 5.91. The van der Waals surface area contributed by atoms with Crippen molar-refractivity contribution in [1.29, 1.82) is 0 Å². The molecule has 1 unspecified atom stereocenters. The van der Waals surface area contributed by atoms with Crippen LogP contribution in [0.2, 0.25) is 0 Å². The Balaban J connectivity index is 2.04. The third-order valence-electron chi connectivity index (χ3n) is 3.80. The van der Waals surface area contributed by atoms with E-state index in [0.29, 0.717) is 0 Å². The van der Waals surface area contributed by atoms with E-state index in [1.807, 2.05) is 27.7 Å². The SMILES string of the molecule is Cc1cnc([C@@H](CCN2CCOCC2)NS(=O)C(C)(C)C)cn1. The van der Waals surface area contributed by atoms with Crippen LogP contribution >= 0.6 is 0 Å². The van der Waals surface area contributed by atoms with Crippen LogP contribution < -0.4 is 4.72 Å². The second-order valence-electron chi connectivity index (χ2n) is 6.88. The molecule has 1 N–H and O–H groups in total. The van der Waals surface area contributed by atoms with Gasteiger partial charge in [-0.05, 0) is 34.1 Å². The van der Waals surface area contributed by atoms with Crippen molar-refractivity contribution >= 4 is 11.0 Å². The number of morpholine rings is 1. The highest BCUT2D eigenvalue weighted by Crippen LogP contribution is 2.19. The first kappa shape index (κ1) is 18.4. The highest BCUT2D eigenvalue weighted by atomic mass is 32.2. The summed E-state index contributed by atoms with van der Waals surface area (Å²) in [6, 6.07) is -0.0639. The molecule has 2 atom stereocenters. The van der Waals surface area contributed by atoms with Gasteiger partial charge in [0.1, 0.15) is 0 Å². The number of hydrogen-bond acceptors (Lipinski definition) is 5. The molecule has 1 fully saturated rings. The first-order valence-electron chi connectivity index (χ1n) is 8.13. The van der Waals surface area contributed by atoms with Crippen LogP contribution in [0.25, 0.3) is 0 Å². The van der Waals surface area contributed by atoms with Crippen LogP contribution in [0.1, 0.15) is 44.6 Å². The number of nitrogens with one attached hydrogen (secondary N) is 1. The molecule has 1 aromatic heterocycles. The van der Waals surface area contributed by atoms with E-state index in [1.165, 1.54) is 0 Å². The Bertz CT molecular complexity index is 510. The van der Waals surface area contributed by atoms with Gasteiger partial charge in [-0.25, -0.2) is 8.93 Å². The van der Waals surface area contributed by atoms with E-state index in [0.717, 1.165) is 50.7 Å². The van der Waals surface area contributed by atoms with Gasteiger partial charge in [0.25, 0.3) is 0 Å². The number of rotatable bonds is 6. The normalized spacial score (nSPS) is 19.5. The lowest BCUT2D eigenvalue weighted by Gasteiger charge is -2.29. The van der Waals surface area contributed by atoms with Crippen LogP contribution in [0.4, 0.5) is 0 Å². The number of ether oxygens (including phenoxy) is 1. The van der Waals surface area contributed by atoms with E-state index in [4.69, 9.17) is 4.74 Å². The summed E-state index contributed by atoms with van der Waals surface area (Å²) >= 11 is 0. The minimum absolute atomic E-state index is 0.0639. The zero-order chi connectivity index (χ0) is 16.9. The van der Waals surface area contributed by atoms with Gasteiger partial charge < -0.3 is 4.74 Å². The quantitative estimate of drug-likeness (QED) is 0.852. The fraction of sp³-hybridized carbons (Fsp3) is 0.750. The fourth-order valence-electron chi connectivity index (χ4n) is 2.29. The highest BCUT2D eigenvalue weighted by molar-refractivity contribution is 7.84. The maximum absolute atomic E-state index is 12.5. The van der Waals surface area contributed by atoms with Crippen LogP contribution in [0, 0.1) is 6.92 Å². The fourth-order valence-corrected chi connectivity index (χ4v) is 3.14. The summed E-state index contributed by atoms with van der Waals surface area (Å²) in [7, 11) is -1.14. The second-order valence-corrected chi connectivity index (χ2v) is 8.87. The first-order valence-corrected chi connectivity index (χ1v) is 9.28. The standard InChI is InChI=1S/C16H28N4O2S/c1-13-11-18-15(12-17-13)14(19-23(21)16(2,3)4)5-6-20-7-9-22-10-8-20/h11-12,14,19H,5-10H2,1-4H3/t14-,23?/m1/s1. The Kier molecular flexibility index (Phi) is 6.64. The smallest absolute Gasteiger partial charge is 0.0976 e. The summed E-state index contributed by atoms with van der Waals surface area (Å²) in [4.78, 5) is 11.2. The van der Waals surface area contributed by atoms with Gasteiger partial charge in [-0.1, -0.05) is 0 Å². The largest absolute Gasteiger partial charge is 0.379 e. The minimum atomic E-state index is -1.14. The van der Waals surface area contributed by atoms with Crippen LogP contribution in [-0.2, 0) is 15.7 Å². The molecule has 2 rings (SSSR count). The molecular formula is C16H28N4O2S. The lowest BCUT2D eigenvalue weighted by atomic mass is 10.1. The molecular weight excluding hydrogens is 312 g/mol. The summed E-state index contributed by atoms with van der Waals surface area (Å²) in [5, 5.41) is 0. The maximum Gasteiger partial charge on any atom is 0.0976 e. The average molecular weight is 340 g/mol. The summed E-state index contributed by atoms with van der Waals surface area (Å²) in [6.45, 7) is 12.2. The highest BCUT2D eigenvalue weighted by Gasteiger charge is 2.25. The van der Waals surface area contributed by atoms with Gasteiger partial charge >= 0.3 is 0 Å². The zero-order valence-corrected chi connectivity index (χ0v) is 15.4. The van der Waals surface area contributed by atoms with E-state index in [-0.39, 0.29) is 10.8 Å². The van der Waals surface area contributed by atoms with Crippen LogP contribution in [0.5, 0.6) is 0 Å². The van der Waals surface area contributed by atoms with Crippen molar-refractivity contribution in [3.05, 3.63) is 23.8 Å². The molecule has 130 valence electrons. The van der Waals surface area contributed by atoms with Crippen molar-refractivity contribution < 1.29 is 8.95 Å². The van der Waals surface area contributed by atoms with Crippen molar-refractivity contribution in [3.8, 4) is 0 Å². The van der Waals surface area contributed by atoms with Gasteiger partial charge in [-0.15, -0.1) is 0 Å². The summed E-state index contributed by atoms with van der Waals surface area (Å²) in [6.07, 6.45) is 4.39. The molecule has 6 nitrogen and oxygen atoms in total. The predicted octanol–water partition coefficient (Wildman–Crippen LogP) is 1.60. The summed E-state index contributed by atoms with van der Waals surface area (Å²) in [5.74, 6) is 0. The third-order valence-corrected chi connectivity index (χ3v) is 5.41. The lowest BCUT2D eigenvalue weighted by molar-refractivity contribution is 0.0364. The van der Waals surface area contributed by atoms with E-state index in [2.05, 4.69) is 19.6 Å². The van der Waals surface area contributed by atoms with Crippen molar-refractivity contribution in [1.82, 2.24) is 19.6 Å². The van der Waals surface area contributed by atoms with Crippen molar-refractivity contribution in [3.63, 3.8) is 0 Å². The van der Waals surface area contributed by atoms with Gasteiger partial charge in [0.05, 0.1) is 52.6 Å². The van der Waals surface area contributed by atoms with Gasteiger partial charge in [0, 0.05) is 25.8 Å². The van der Waals surface area contributed by atoms with Crippen molar-refractivity contribution in [2.45, 2.75) is 44.9 Å². The lowest BCUT2D eigenvalue weighted by Crippen LogP contribution is -2.40. The van der Waals surface area contributed by atoms with Crippen molar-refractivity contribution in [2.75, 3.05) is 32.8 Å². The van der Waals surface area contributed by atoms with Gasteiger partial charge in [0.15, 0.2) is 0 Å². The van der Waals surface area contributed by atoms with E-state index in [9.17, 15) is 4.21 Å². The molecule has 1 aliphatic heterocycles. The predicted molar refractivity (Wildman–Crippen MR) is 92.4 cm³/mol. The molecule has 0 aromatic carbocycles. The van der Waals surface area contributed by atoms with Crippen LogP contribution in [-0.4, -0.2) is 56.7 Å². The molecule has 7 heteroatoms. The Morgan fingerprint density at radius 1 is 1.30 bits per heavy atom. The number of nitrogens with zero attached hydrogens (tertiary/aromatic N) is 3. The Hall–Kier alpha value is -0.890. The molecule has 0 spiro atoms. The molecule has 1 aliphatic rings. The Morgan fingerprint density at radius 2 is 2.00 bits per heavy atom.